The first-order valence-corrected chi connectivity index (χ1v) is 6.56. The van der Waals surface area contributed by atoms with Crippen LogP contribution < -0.4 is 5.32 Å². The molecular formula is C9H20N2O3S. The van der Waals surface area contributed by atoms with Crippen molar-refractivity contribution in [2.24, 2.45) is 0 Å². The van der Waals surface area contributed by atoms with E-state index < -0.39 is 15.3 Å². The monoisotopic (exact) mass is 236 g/mol. The van der Waals surface area contributed by atoms with Crippen LogP contribution >= 0.6 is 0 Å². The fourth-order valence-electron chi connectivity index (χ4n) is 1.08. The molecule has 0 rings (SSSR count). The van der Waals surface area contributed by atoms with Gasteiger partial charge in [0.05, 0.1) is 11.8 Å². The van der Waals surface area contributed by atoms with Gasteiger partial charge in [0.25, 0.3) is 0 Å². The zero-order valence-electron chi connectivity index (χ0n) is 9.78. The van der Waals surface area contributed by atoms with Crippen LogP contribution in [-0.4, -0.2) is 44.0 Å². The highest BCUT2D eigenvalue weighted by Crippen LogP contribution is 2.08. The molecule has 0 aromatic rings. The molecule has 0 unspecified atom stereocenters. The van der Waals surface area contributed by atoms with E-state index in [1.807, 2.05) is 6.92 Å². The van der Waals surface area contributed by atoms with Crippen molar-refractivity contribution in [1.29, 1.82) is 0 Å². The Morgan fingerprint density at radius 2 is 1.93 bits per heavy atom. The molecular weight excluding hydrogens is 216 g/mol. The highest BCUT2D eigenvalue weighted by molar-refractivity contribution is 7.89. The van der Waals surface area contributed by atoms with Crippen molar-refractivity contribution >= 4 is 15.9 Å². The van der Waals surface area contributed by atoms with Crippen molar-refractivity contribution in [3.8, 4) is 0 Å². The molecule has 90 valence electrons. The number of amides is 1. The maximum atomic E-state index is 11.8. The third kappa shape index (κ3) is 4.17. The zero-order valence-corrected chi connectivity index (χ0v) is 10.6. The van der Waals surface area contributed by atoms with Crippen molar-refractivity contribution in [2.45, 2.75) is 32.4 Å². The number of rotatable bonds is 6. The molecule has 0 atom stereocenters. The fourth-order valence-corrected chi connectivity index (χ4v) is 2.41. The van der Waals surface area contributed by atoms with Gasteiger partial charge in [-0.25, -0.2) is 8.42 Å². The molecule has 0 heterocycles. The molecule has 0 fully saturated rings. The second-order valence-electron chi connectivity index (χ2n) is 3.60. The predicted octanol–water partition coefficient (Wildman–Crippen LogP) is 0.183. The highest BCUT2D eigenvalue weighted by atomic mass is 32.2. The first-order chi connectivity index (χ1) is 6.86. The van der Waals surface area contributed by atoms with Gasteiger partial charge in [-0.05, 0) is 20.3 Å². The first-order valence-electron chi connectivity index (χ1n) is 5.05. The lowest BCUT2D eigenvalue weighted by Crippen LogP contribution is -2.43. The number of nitrogens with one attached hydrogen (secondary N) is 1. The maximum absolute atomic E-state index is 11.8. The van der Waals surface area contributed by atoms with Gasteiger partial charge in [0, 0.05) is 13.6 Å². The SMILES string of the molecule is CCCN(CC(=O)NC)S(=O)(=O)C(C)C. The summed E-state index contributed by atoms with van der Waals surface area (Å²) in [5.41, 5.74) is 0. The number of sulfonamides is 1. The molecule has 1 amide bonds. The summed E-state index contributed by atoms with van der Waals surface area (Å²) in [5.74, 6) is -0.285. The van der Waals surface area contributed by atoms with E-state index in [1.54, 1.807) is 13.8 Å². The number of hydrogen-bond acceptors (Lipinski definition) is 3. The molecule has 0 aliphatic heterocycles. The summed E-state index contributed by atoms with van der Waals surface area (Å²) in [4.78, 5) is 11.1. The maximum Gasteiger partial charge on any atom is 0.235 e. The summed E-state index contributed by atoms with van der Waals surface area (Å²) < 4.78 is 24.9. The van der Waals surface area contributed by atoms with Crippen LogP contribution in [0.1, 0.15) is 27.2 Å². The Labute approximate surface area is 91.9 Å². The van der Waals surface area contributed by atoms with Crippen molar-refractivity contribution in [1.82, 2.24) is 9.62 Å². The van der Waals surface area contributed by atoms with E-state index in [2.05, 4.69) is 5.32 Å². The Kier molecular flexibility index (Phi) is 5.82. The second kappa shape index (κ2) is 6.07. The van der Waals surface area contributed by atoms with E-state index in [9.17, 15) is 13.2 Å². The lowest BCUT2D eigenvalue weighted by Gasteiger charge is -2.22. The zero-order chi connectivity index (χ0) is 12.1. The quantitative estimate of drug-likeness (QED) is 0.715. The van der Waals surface area contributed by atoms with Crippen LogP contribution in [0.5, 0.6) is 0 Å². The first kappa shape index (κ1) is 14.4. The van der Waals surface area contributed by atoms with Gasteiger partial charge in [-0.15, -0.1) is 0 Å². The molecule has 0 aromatic heterocycles. The number of carbonyl (C=O) groups excluding carboxylic acids is 1. The third-order valence-corrected chi connectivity index (χ3v) is 4.25. The van der Waals surface area contributed by atoms with Crippen LogP contribution in [0.2, 0.25) is 0 Å². The fraction of sp³-hybridized carbons (Fsp3) is 0.889. The highest BCUT2D eigenvalue weighted by Gasteiger charge is 2.26. The largest absolute Gasteiger partial charge is 0.358 e. The topological polar surface area (TPSA) is 66.5 Å². The summed E-state index contributed by atoms with van der Waals surface area (Å²) in [6.07, 6.45) is 0.697. The van der Waals surface area contributed by atoms with E-state index in [4.69, 9.17) is 0 Å². The van der Waals surface area contributed by atoms with E-state index in [1.165, 1.54) is 11.4 Å². The van der Waals surface area contributed by atoms with Crippen LogP contribution in [0.15, 0.2) is 0 Å². The summed E-state index contributed by atoms with van der Waals surface area (Å²) in [5, 5.41) is 1.93. The molecule has 0 aromatic carbocycles. The Morgan fingerprint density at radius 3 is 2.27 bits per heavy atom. The van der Waals surface area contributed by atoms with E-state index in [-0.39, 0.29) is 12.5 Å². The van der Waals surface area contributed by atoms with Crippen LogP contribution in [0, 0.1) is 0 Å². The minimum Gasteiger partial charge on any atom is -0.358 e. The summed E-state index contributed by atoms with van der Waals surface area (Å²) >= 11 is 0. The van der Waals surface area contributed by atoms with Crippen molar-refractivity contribution < 1.29 is 13.2 Å². The summed E-state index contributed by atoms with van der Waals surface area (Å²) in [6.45, 7) is 5.40. The van der Waals surface area contributed by atoms with Crippen molar-refractivity contribution in [2.75, 3.05) is 20.1 Å². The lowest BCUT2D eigenvalue weighted by molar-refractivity contribution is -0.120. The van der Waals surface area contributed by atoms with Gasteiger partial charge >= 0.3 is 0 Å². The Bertz CT molecular complexity index is 298. The molecule has 0 spiro atoms. The van der Waals surface area contributed by atoms with E-state index in [0.29, 0.717) is 13.0 Å². The molecule has 0 aliphatic carbocycles. The molecule has 0 bridgehead atoms. The third-order valence-electron chi connectivity index (χ3n) is 2.03. The number of nitrogens with zero attached hydrogens (tertiary/aromatic N) is 1. The molecule has 6 heteroatoms. The van der Waals surface area contributed by atoms with Gasteiger partial charge in [0.1, 0.15) is 0 Å². The second-order valence-corrected chi connectivity index (χ2v) is 6.09. The van der Waals surface area contributed by atoms with Crippen molar-refractivity contribution in [3.63, 3.8) is 0 Å². The standard InChI is InChI=1S/C9H20N2O3S/c1-5-6-11(7-9(12)10-4)15(13,14)8(2)3/h8H,5-7H2,1-4H3,(H,10,12). The normalized spacial score (nSPS) is 12.1. The number of hydrogen-bond donors (Lipinski definition) is 1. The Balaban J connectivity index is 4.74. The van der Waals surface area contributed by atoms with Gasteiger partial charge in [0.15, 0.2) is 0 Å². The molecule has 5 nitrogen and oxygen atoms in total. The molecule has 0 aliphatic rings. The van der Waals surface area contributed by atoms with Gasteiger partial charge < -0.3 is 5.32 Å². The minimum absolute atomic E-state index is 0.0924. The summed E-state index contributed by atoms with van der Waals surface area (Å²) in [6, 6.07) is 0. The average Bonchev–Trinajstić information content (AvgIpc) is 2.16. The van der Waals surface area contributed by atoms with Crippen LogP contribution in [0.4, 0.5) is 0 Å². The average molecular weight is 236 g/mol. The van der Waals surface area contributed by atoms with Gasteiger partial charge in [-0.2, -0.15) is 4.31 Å². The van der Waals surface area contributed by atoms with Gasteiger partial charge in [0.2, 0.25) is 15.9 Å². The van der Waals surface area contributed by atoms with Crippen LogP contribution in [-0.2, 0) is 14.8 Å². The number of likely N-dealkylation sites (N-methyl/N-ethyl adjacent to an activating group) is 1. The number of carbonyl (C=O) groups is 1. The molecule has 15 heavy (non-hydrogen) atoms. The Morgan fingerprint density at radius 1 is 1.40 bits per heavy atom. The van der Waals surface area contributed by atoms with Crippen LogP contribution in [0.3, 0.4) is 0 Å². The minimum atomic E-state index is -3.33. The molecule has 1 N–H and O–H groups in total. The molecule has 0 saturated carbocycles. The molecule has 0 saturated heterocycles. The van der Waals surface area contributed by atoms with E-state index >= 15 is 0 Å². The van der Waals surface area contributed by atoms with Gasteiger partial charge in [-0.3, -0.25) is 4.79 Å². The van der Waals surface area contributed by atoms with E-state index in [0.717, 1.165) is 0 Å². The Hall–Kier alpha value is -0.620. The lowest BCUT2D eigenvalue weighted by atomic mass is 10.4. The van der Waals surface area contributed by atoms with Crippen molar-refractivity contribution in [3.05, 3.63) is 0 Å². The van der Waals surface area contributed by atoms with Gasteiger partial charge in [-0.1, -0.05) is 6.92 Å². The summed E-state index contributed by atoms with van der Waals surface area (Å²) in [7, 11) is -1.84. The van der Waals surface area contributed by atoms with Crippen LogP contribution in [0.25, 0.3) is 0 Å². The predicted molar refractivity (Wildman–Crippen MR) is 60.0 cm³/mol. The molecule has 0 radical (unpaired) electrons. The smallest absolute Gasteiger partial charge is 0.235 e.